The maximum Gasteiger partial charge on any atom is 0.195 e. The van der Waals surface area contributed by atoms with E-state index in [1.165, 1.54) is 20.1 Å². The van der Waals surface area contributed by atoms with Crippen LogP contribution in [0.5, 0.6) is 34.5 Å². The molecule has 8 nitrogen and oxygen atoms in total. The smallest absolute Gasteiger partial charge is 0.195 e. The van der Waals surface area contributed by atoms with Crippen molar-refractivity contribution in [1.29, 1.82) is 0 Å². The van der Waals surface area contributed by atoms with E-state index >= 15 is 0 Å². The predicted molar refractivity (Wildman–Crippen MR) is 86.5 cm³/mol. The van der Waals surface area contributed by atoms with E-state index in [0.29, 0.717) is 5.56 Å². The molecule has 2 aromatic rings. The summed E-state index contributed by atoms with van der Waals surface area (Å²) in [6.45, 7) is 2.70. The third-order valence-corrected chi connectivity index (χ3v) is 3.58. The van der Waals surface area contributed by atoms with Crippen LogP contribution >= 0.6 is 0 Å². The number of rotatable bonds is 6. The molecule has 25 heavy (non-hydrogen) atoms. The molecule has 134 valence electrons. The van der Waals surface area contributed by atoms with Gasteiger partial charge in [-0.2, -0.15) is 0 Å². The zero-order valence-corrected chi connectivity index (χ0v) is 13.9. The Bertz CT molecular complexity index is 813. The normalized spacial score (nSPS) is 10.5. The molecular formula is C17H18O8. The number of ketones is 1. The number of methoxy groups -OCH3 is 1. The standard InChI is InChI=1S/C17H18O8/c1-8-11(19)4-10(18)5-14(8)24-25-15-6-12(20)16(13(21)7-23-3)17(22)9(15)2/h4-6,18-20,22H,7H2,1-3H3. The average Bonchev–Trinajstić information content (AvgIpc) is 2.54. The zero-order valence-electron chi connectivity index (χ0n) is 13.9. The average molecular weight is 350 g/mol. The van der Waals surface area contributed by atoms with Crippen LogP contribution < -0.4 is 9.78 Å². The quantitative estimate of drug-likeness (QED) is 0.355. The first kappa shape index (κ1) is 18.2. The number of phenolic OH excluding ortho intramolecular Hbond substituents is 4. The molecule has 0 bridgehead atoms. The minimum Gasteiger partial charge on any atom is -0.508 e. The van der Waals surface area contributed by atoms with Crippen LogP contribution in [0.2, 0.25) is 0 Å². The highest BCUT2D eigenvalue weighted by Crippen LogP contribution is 2.39. The van der Waals surface area contributed by atoms with E-state index in [-0.39, 0.29) is 40.7 Å². The molecule has 0 unspecified atom stereocenters. The second-order valence-corrected chi connectivity index (χ2v) is 5.35. The van der Waals surface area contributed by atoms with Crippen molar-refractivity contribution in [3.63, 3.8) is 0 Å². The predicted octanol–water partition coefficient (Wildman–Crippen LogP) is 2.33. The van der Waals surface area contributed by atoms with Crippen LogP contribution in [-0.2, 0) is 4.74 Å². The summed E-state index contributed by atoms with van der Waals surface area (Å²) >= 11 is 0. The Morgan fingerprint density at radius 3 is 2.12 bits per heavy atom. The molecular weight excluding hydrogens is 332 g/mol. The Morgan fingerprint density at radius 2 is 1.52 bits per heavy atom. The summed E-state index contributed by atoms with van der Waals surface area (Å²) in [5.74, 6) is -2.00. The van der Waals surface area contributed by atoms with Crippen molar-refractivity contribution in [3.8, 4) is 34.5 Å². The molecule has 0 saturated carbocycles. The number of hydrogen-bond donors (Lipinski definition) is 4. The molecule has 2 aromatic carbocycles. The summed E-state index contributed by atoms with van der Waals surface area (Å²) in [5.41, 5.74) is 0.188. The van der Waals surface area contributed by atoms with E-state index in [1.807, 2.05) is 0 Å². The summed E-state index contributed by atoms with van der Waals surface area (Å²) in [6, 6.07) is 3.47. The van der Waals surface area contributed by atoms with E-state index in [4.69, 9.17) is 14.5 Å². The van der Waals surface area contributed by atoms with Gasteiger partial charge < -0.3 is 25.2 Å². The van der Waals surface area contributed by atoms with E-state index in [9.17, 15) is 25.2 Å². The number of aromatic hydroxyl groups is 4. The van der Waals surface area contributed by atoms with E-state index in [1.54, 1.807) is 6.92 Å². The molecule has 2 rings (SSSR count). The maximum absolute atomic E-state index is 11.9. The zero-order chi connectivity index (χ0) is 18.7. The van der Waals surface area contributed by atoms with Gasteiger partial charge in [0, 0.05) is 36.4 Å². The summed E-state index contributed by atoms with van der Waals surface area (Å²) in [7, 11) is 1.32. The van der Waals surface area contributed by atoms with Crippen molar-refractivity contribution in [2.24, 2.45) is 0 Å². The van der Waals surface area contributed by atoms with Crippen LogP contribution in [-0.4, -0.2) is 39.9 Å². The molecule has 0 aliphatic carbocycles. The fourth-order valence-corrected chi connectivity index (χ4v) is 2.13. The van der Waals surface area contributed by atoms with Crippen LogP contribution in [0.25, 0.3) is 0 Å². The second kappa shape index (κ2) is 7.18. The minimum atomic E-state index is -0.596. The molecule has 0 fully saturated rings. The van der Waals surface area contributed by atoms with Gasteiger partial charge in [0.05, 0.1) is 0 Å². The van der Waals surface area contributed by atoms with Gasteiger partial charge in [-0.05, 0) is 13.8 Å². The van der Waals surface area contributed by atoms with Gasteiger partial charge in [0.1, 0.15) is 35.2 Å². The van der Waals surface area contributed by atoms with Gasteiger partial charge in [-0.1, -0.05) is 0 Å². The second-order valence-electron chi connectivity index (χ2n) is 5.35. The molecule has 4 N–H and O–H groups in total. The molecule has 0 aromatic heterocycles. The highest BCUT2D eigenvalue weighted by molar-refractivity contribution is 6.02. The lowest BCUT2D eigenvalue weighted by atomic mass is 10.0. The molecule has 0 amide bonds. The maximum atomic E-state index is 11.9. The van der Waals surface area contributed by atoms with Crippen LogP contribution in [0, 0.1) is 13.8 Å². The molecule has 0 spiro atoms. The summed E-state index contributed by atoms with van der Waals surface area (Å²) in [4.78, 5) is 22.0. The molecule has 0 aliphatic heterocycles. The van der Waals surface area contributed by atoms with Gasteiger partial charge in [-0.25, -0.2) is 0 Å². The summed E-state index contributed by atoms with van der Waals surface area (Å²) in [5, 5.41) is 39.3. The lowest BCUT2D eigenvalue weighted by Gasteiger charge is -2.14. The monoisotopic (exact) mass is 350 g/mol. The molecule has 0 atom stereocenters. The number of hydrogen-bond acceptors (Lipinski definition) is 8. The van der Waals surface area contributed by atoms with Crippen molar-refractivity contribution < 1.29 is 39.7 Å². The van der Waals surface area contributed by atoms with Crippen molar-refractivity contribution in [1.82, 2.24) is 0 Å². The Labute approximate surface area is 143 Å². The summed E-state index contributed by atoms with van der Waals surface area (Å²) < 4.78 is 4.70. The van der Waals surface area contributed by atoms with Crippen LogP contribution in [0.3, 0.4) is 0 Å². The van der Waals surface area contributed by atoms with Crippen LogP contribution in [0.4, 0.5) is 0 Å². The number of benzene rings is 2. The third-order valence-electron chi connectivity index (χ3n) is 3.58. The van der Waals surface area contributed by atoms with Crippen LogP contribution in [0.1, 0.15) is 21.5 Å². The Balaban J connectivity index is 2.31. The van der Waals surface area contributed by atoms with E-state index < -0.39 is 17.3 Å². The van der Waals surface area contributed by atoms with E-state index in [0.717, 1.165) is 12.1 Å². The number of Topliss-reactive ketones (excluding diaryl/α,β-unsaturated/α-hetero) is 1. The number of carbonyl (C=O) groups excluding carboxylic acids is 1. The number of carbonyl (C=O) groups is 1. The van der Waals surface area contributed by atoms with Gasteiger partial charge in [0.25, 0.3) is 0 Å². The topological polar surface area (TPSA) is 126 Å². The minimum absolute atomic E-state index is 0.0374. The lowest BCUT2D eigenvalue weighted by Crippen LogP contribution is -2.09. The van der Waals surface area contributed by atoms with Gasteiger partial charge >= 0.3 is 0 Å². The van der Waals surface area contributed by atoms with Gasteiger partial charge in [-0.15, -0.1) is 0 Å². The Kier molecular flexibility index (Phi) is 5.23. The molecule has 0 heterocycles. The Hall–Kier alpha value is -3.13. The SMILES string of the molecule is COCC(=O)c1c(O)cc(OOc2cc(O)cc(O)c2C)c(C)c1O. The number of phenols is 4. The molecule has 8 heteroatoms. The first-order valence-corrected chi connectivity index (χ1v) is 7.21. The highest BCUT2D eigenvalue weighted by Gasteiger charge is 2.22. The first-order chi connectivity index (χ1) is 11.8. The summed E-state index contributed by atoms with van der Waals surface area (Å²) in [6.07, 6.45) is 0. The molecule has 0 radical (unpaired) electrons. The largest absolute Gasteiger partial charge is 0.508 e. The Morgan fingerprint density at radius 1 is 0.920 bits per heavy atom. The van der Waals surface area contributed by atoms with Gasteiger partial charge in [0.2, 0.25) is 0 Å². The fraction of sp³-hybridized carbons (Fsp3) is 0.235. The van der Waals surface area contributed by atoms with Crippen molar-refractivity contribution in [2.75, 3.05) is 13.7 Å². The van der Waals surface area contributed by atoms with Gasteiger partial charge in [-0.3, -0.25) is 14.6 Å². The van der Waals surface area contributed by atoms with Crippen molar-refractivity contribution in [3.05, 3.63) is 34.9 Å². The van der Waals surface area contributed by atoms with Crippen molar-refractivity contribution in [2.45, 2.75) is 13.8 Å². The molecule has 0 aliphatic rings. The van der Waals surface area contributed by atoms with Crippen LogP contribution in [0.15, 0.2) is 18.2 Å². The highest BCUT2D eigenvalue weighted by atomic mass is 17.2. The lowest BCUT2D eigenvalue weighted by molar-refractivity contribution is -0.102. The number of ether oxygens (including phenoxy) is 1. The molecule has 0 saturated heterocycles. The fourth-order valence-electron chi connectivity index (χ4n) is 2.13. The van der Waals surface area contributed by atoms with E-state index in [2.05, 4.69) is 0 Å². The first-order valence-electron chi connectivity index (χ1n) is 7.21. The van der Waals surface area contributed by atoms with Gasteiger partial charge in [0.15, 0.2) is 17.3 Å². The third kappa shape index (κ3) is 3.69. The van der Waals surface area contributed by atoms with Crippen molar-refractivity contribution >= 4 is 5.78 Å².